The number of benzene rings is 1. The molecule has 7 heteroatoms. The van der Waals surface area contributed by atoms with Gasteiger partial charge in [0.25, 0.3) is 0 Å². The molecule has 0 aromatic heterocycles. The molecule has 1 aliphatic heterocycles. The van der Waals surface area contributed by atoms with Crippen LogP contribution in [0.2, 0.25) is 0 Å². The Bertz CT molecular complexity index is 664. The van der Waals surface area contributed by atoms with E-state index in [0.29, 0.717) is 19.1 Å². The number of piperidine rings is 1. The van der Waals surface area contributed by atoms with E-state index in [1.165, 1.54) is 5.56 Å². The Labute approximate surface area is 156 Å². The number of carboxylic acid groups (broad SMARTS) is 1. The number of aryl methyl sites for hydroxylation is 1. The van der Waals surface area contributed by atoms with Gasteiger partial charge in [0.1, 0.15) is 11.5 Å². The van der Waals surface area contributed by atoms with Crippen LogP contribution < -0.4 is 4.74 Å². The fourth-order valence-electron chi connectivity index (χ4n) is 3.32. The molecular weight excluding hydrogens is 354 g/mol. The van der Waals surface area contributed by atoms with E-state index in [2.05, 4.69) is 17.0 Å². The first-order valence-corrected chi connectivity index (χ1v) is 11.1. The third kappa shape index (κ3) is 7.33. The summed E-state index contributed by atoms with van der Waals surface area (Å²) in [5, 5.41) is 8.62. The van der Waals surface area contributed by atoms with Gasteiger partial charge in [-0.15, -0.1) is 0 Å². The van der Waals surface area contributed by atoms with Gasteiger partial charge in [-0.3, -0.25) is 4.79 Å². The van der Waals surface area contributed by atoms with Crippen molar-refractivity contribution in [2.24, 2.45) is 5.92 Å². The summed E-state index contributed by atoms with van der Waals surface area (Å²) in [5.74, 6) is -0.560. The normalized spacial score (nSPS) is 16.5. The fraction of sp³-hybridized carbons (Fsp3) is 0.632. The highest BCUT2D eigenvalue weighted by atomic mass is 32.2. The van der Waals surface area contributed by atoms with Crippen LogP contribution in [0.5, 0.6) is 5.75 Å². The van der Waals surface area contributed by atoms with Gasteiger partial charge in [0, 0.05) is 6.54 Å². The lowest BCUT2D eigenvalue weighted by atomic mass is 9.90. The fourth-order valence-corrected chi connectivity index (χ4v) is 4.37. The molecule has 1 aromatic carbocycles. The minimum Gasteiger partial charge on any atom is -0.494 e. The zero-order valence-corrected chi connectivity index (χ0v) is 16.2. The van der Waals surface area contributed by atoms with Crippen molar-refractivity contribution in [1.29, 1.82) is 0 Å². The van der Waals surface area contributed by atoms with Crippen LogP contribution in [-0.4, -0.2) is 62.1 Å². The molecule has 0 bridgehead atoms. The van der Waals surface area contributed by atoms with Crippen LogP contribution in [0, 0.1) is 5.92 Å². The van der Waals surface area contributed by atoms with Crippen molar-refractivity contribution < 1.29 is 23.1 Å². The second-order valence-corrected chi connectivity index (χ2v) is 9.07. The lowest BCUT2D eigenvalue weighted by Gasteiger charge is -2.31. The summed E-state index contributed by atoms with van der Waals surface area (Å²) in [6.07, 6.45) is 4.31. The van der Waals surface area contributed by atoms with Gasteiger partial charge in [-0.05, 0) is 69.3 Å². The maximum atomic E-state index is 11.7. The number of sulfone groups is 1. The Morgan fingerprint density at radius 1 is 1.23 bits per heavy atom. The van der Waals surface area contributed by atoms with E-state index < -0.39 is 21.6 Å². The molecular formula is C19H29NO5S. The van der Waals surface area contributed by atoms with Crippen molar-refractivity contribution in [1.82, 2.24) is 4.90 Å². The zero-order valence-electron chi connectivity index (χ0n) is 15.4. The summed E-state index contributed by atoms with van der Waals surface area (Å²) in [7, 11) is -3.50. The molecule has 6 nitrogen and oxygen atoms in total. The first-order chi connectivity index (χ1) is 12.4. The Kier molecular flexibility index (Phi) is 7.90. The molecule has 26 heavy (non-hydrogen) atoms. The van der Waals surface area contributed by atoms with Crippen molar-refractivity contribution in [3.8, 4) is 5.75 Å². The lowest BCUT2D eigenvalue weighted by Crippen LogP contribution is -2.37. The van der Waals surface area contributed by atoms with Gasteiger partial charge in [0.05, 0.1) is 12.4 Å². The highest BCUT2D eigenvalue weighted by Crippen LogP contribution is 2.23. The Morgan fingerprint density at radius 3 is 2.46 bits per heavy atom. The molecule has 0 amide bonds. The number of carboxylic acids is 1. The molecule has 1 aliphatic rings. The van der Waals surface area contributed by atoms with Crippen LogP contribution in [0.15, 0.2) is 24.3 Å². The van der Waals surface area contributed by atoms with Gasteiger partial charge in [0.15, 0.2) is 9.84 Å². The highest BCUT2D eigenvalue weighted by Gasteiger charge is 2.22. The number of ether oxygens (including phenoxy) is 1. The van der Waals surface area contributed by atoms with Crippen LogP contribution in [0.3, 0.4) is 0 Å². The molecule has 0 atom stereocenters. The number of hydrogen-bond donors (Lipinski definition) is 1. The summed E-state index contributed by atoms with van der Waals surface area (Å²) < 4.78 is 28.8. The Hall–Kier alpha value is -1.60. The second kappa shape index (κ2) is 9.92. The van der Waals surface area contributed by atoms with Crippen molar-refractivity contribution in [2.45, 2.75) is 32.6 Å². The van der Waals surface area contributed by atoms with Gasteiger partial charge >= 0.3 is 5.97 Å². The van der Waals surface area contributed by atoms with Crippen molar-refractivity contribution in [3.63, 3.8) is 0 Å². The molecule has 2 rings (SSSR count). The quantitative estimate of drug-likeness (QED) is 0.667. The van der Waals surface area contributed by atoms with E-state index >= 15 is 0 Å². The SMILES string of the molecule is CCOc1ccc(CCC2CCN(CCS(=O)(=O)CC(=O)O)CC2)cc1. The monoisotopic (exact) mass is 383 g/mol. The predicted molar refractivity (Wildman–Crippen MR) is 101 cm³/mol. The topological polar surface area (TPSA) is 83.9 Å². The van der Waals surface area contributed by atoms with Gasteiger partial charge in [-0.25, -0.2) is 8.42 Å². The van der Waals surface area contributed by atoms with Crippen LogP contribution in [-0.2, 0) is 21.1 Å². The molecule has 1 saturated heterocycles. The molecule has 0 aliphatic carbocycles. The average Bonchev–Trinajstić information content (AvgIpc) is 2.59. The third-order valence-corrected chi connectivity index (χ3v) is 6.34. The summed E-state index contributed by atoms with van der Waals surface area (Å²) in [5.41, 5.74) is 1.32. The molecule has 0 unspecified atom stereocenters. The molecule has 1 N–H and O–H groups in total. The molecule has 0 saturated carbocycles. The van der Waals surface area contributed by atoms with Crippen molar-refractivity contribution in [3.05, 3.63) is 29.8 Å². The first kappa shape index (κ1) is 20.7. The second-order valence-electron chi connectivity index (χ2n) is 6.89. The minimum absolute atomic E-state index is 0.0733. The third-order valence-electron chi connectivity index (χ3n) is 4.84. The smallest absolute Gasteiger partial charge is 0.318 e. The summed E-state index contributed by atoms with van der Waals surface area (Å²) >= 11 is 0. The van der Waals surface area contributed by atoms with Crippen LogP contribution >= 0.6 is 0 Å². The molecule has 0 spiro atoms. The molecule has 1 heterocycles. The molecule has 1 aromatic rings. The average molecular weight is 384 g/mol. The van der Waals surface area contributed by atoms with Crippen LogP contribution in [0.4, 0.5) is 0 Å². The van der Waals surface area contributed by atoms with Gasteiger partial charge in [-0.1, -0.05) is 12.1 Å². The largest absolute Gasteiger partial charge is 0.494 e. The molecule has 146 valence electrons. The lowest BCUT2D eigenvalue weighted by molar-refractivity contribution is -0.134. The zero-order chi connectivity index (χ0) is 19.0. The van der Waals surface area contributed by atoms with Gasteiger partial charge in [0.2, 0.25) is 0 Å². The van der Waals surface area contributed by atoms with Crippen LogP contribution in [0.25, 0.3) is 0 Å². The summed E-state index contributed by atoms with van der Waals surface area (Å²) in [6, 6.07) is 8.26. The standard InChI is InChI=1S/C19H29NO5S/c1-2-25-18-7-5-16(6-8-18)3-4-17-9-11-20(12-10-17)13-14-26(23,24)15-19(21)22/h5-8,17H,2-4,9-15H2,1H3,(H,21,22). The number of hydrogen-bond acceptors (Lipinski definition) is 5. The molecule has 0 radical (unpaired) electrons. The minimum atomic E-state index is -3.50. The molecule has 1 fully saturated rings. The van der Waals surface area contributed by atoms with E-state index in [9.17, 15) is 13.2 Å². The Balaban J connectivity index is 1.67. The van der Waals surface area contributed by atoms with Crippen molar-refractivity contribution in [2.75, 3.05) is 37.7 Å². The van der Waals surface area contributed by atoms with Crippen LogP contribution in [0.1, 0.15) is 31.7 Å². The van der Waals surface area contributed by atoms with Crippen molar-refractivity contribution >= 4 is 15.8 Å². The number of nitrogens with zero attached hydrogens (tertiary/aromatic N) is 1. The van der Waals surface area contributed by atoms with E-state index in [1.54, 1.807) is 0 Å². The van der Waals surface area contributed by atoms with Gasteiger partial charge in [-0.2, -0.15) is 0 Å². The van der Waals surface area contributed by atoms with E-state index in [4.69, 9.17) is 9.84 Å². The first-order valence-electron chi connectivity index (χ1n) is 9.24. The van der Waals surface area contributed by atoms with Gasteiger partial charge < -0.3 is 14.7 Å². The summed E-state index contributed by atoms with van der Waals surface area (Å²) in [6.45, 7) is 4.85. The summed E-state index contributed by atoms with van der Waals surface area (Å²) in [4.78, 5) is 12.7. The van der Waals surface area contributed by atoms with E-state index in [1.807, 2.05) is 19.1 Å². The van der Waals surface area contributed by atoms with E-state index in [0.717, 1.165) is 44.5 Å². The highest BCUT2D eigenvalue weighted by molar-refractivity contribution is 7.92. The number of aliphatic carboxylic acids is 1. The maximum Gasteiger partial charge on any atom is 0.318 e. The maximum absolute atomic E-state index is 11.7. The number of rotatable bonds is 10. The number of likely N-dealkylation sites (tertiary alicyclic amines) is 1. The number of carbonyl (C=O) groups is 1. The van der Waals surface area contributed by atoms with E-state index in [-0.39, 0.29) is 5.75 Å². The Morgan fingerprint density at radius 2 is 1.88 bits per heavy atom. The predicted octanol–water partition coefficient (Wildman–Crippen LogP) is 2.23.